The normalized spacial score (nSPS) is 45.8. The van der Waals surface area contributed by atoms with Gasteiger partial charge >= 0.3 is 0 Å². The van der Waals surface area contributed by atoms with Gasteiger partial charge in [-0.2, -0.15) is 0 Å². The lowest BCUT2D eigenvalue weighted by atomic mass is 10.0. The molecule has 2 saturated carbocycles. The van der Waals surface area contributed by atoms with Crippen LogP contribution in [0.3, 0.4) is 0 Å². The summed E-state index contributed by atoms with van der Waals surface area (Å²) in [4.78, 5) is 27.8. The van der Waals surface area contributed by atoms with Crippen LogP contribution in [0, 0.1) is 23.7 Å². The molecule has 6 atom stereocenters. The van der Waals surface area contributed by atoms with E-state index in [1.165, 1.54) is 12.8 Å². The van der Waals surface area contributed by atoms with Gasteiger partial charge in [-0.05, 0) is 65.2 Å². The second-order valence-electron chi connectivity index (χ2n) is 9.92. The number of carbonyl (C=O) groups is 2. The Bertz CT molecular complexity index is 604. The quantitative estimate of drug-likeness (QED) is 0.661. The third-order valence-corrected chi connectivity index (χ3v) is 7.25. The van der Waals surface area contributed by atoms with Crippen molar-refractivity contribution < 1.29 is 19.1 Å². The number of amides is 2. The number of nitrogens with zero attached hydrogens (tertiary/aromatic N) is 2. The topological polar surface area (TPSA) is 59.1 Å². The zero-order valence-electron chi connectivity index (χ0n) is 16.2. The molecule has 0 spiro atoms. The van der Waals surface area contributed by atoms with Gasteiger partial charge in [0.15, 0.2) is 0 Å². The van der Waals surface area contributed by atoms with E-state index in [1.807, 2.05) is 37.5 Å². The molecule has 6 aliphatic rings. The molecule has 6 heteroatoms. The lowest BCUT2D eigenvalue weighted by Crippen LogP contribution is -2.50. The highest BCUT2D eigenvalue weighted by Gasteiger charge is 2.58. The summed E-state index contributed by atoms with van der Waals surface area (Å²) in [5.41, 5.74) is -0.704. The minimum atomic E-state index is -0.352. The molecule has 144 valence electrons. The Balaban J connectivity index is 0.000000115. The van der Waals surface area contributed by atoms with E-state index in [0.717, 1.165) is 26.1 Å². The van der Waals surface area contributed by atoms with Gasteiger partial charge in [0, 0.05) is 11.8 Å². The van der Waals surface area contributed by atoms with E-state index in [9.17, 15) is 9.59 Å². The first-order valence-electron chi connectivity index (χ1n) is 10.1. The van der Waals surface area contributed by atoms with Crippen LogP contribution in [0.5, 0.6) is 0 Å². The Hall–Kier alpha value is -1.14. The molecular weight excluding hydrogens is 332 g/mol. The largest absolute Gasteiger partial charge is 0.354 e. The maximum absolute atomic E-state index is 11.9. The smallest absolute Gasteiger partial charge is 0.228 e. The van der Waals surface area contributed by atoms with E-state index < -0.39 is 0 Å². The molecular formula is C20H30N2O4. The molecule has 0 aromatic rings. The van der Waals surface area contributed by atoms with Crippen molar-refractivity contribution in [3.8, 4) is 0 Å². The molecule has 6 rings (SSSR count). The number of carbonyl (C=O) groups excluding carboxylic acids is 2. The summed E-state index contributed by atoms with van der Waals surface area (Å²) in [6, 6.07) is 0.734. The van der Waals surface area contributed by atoms with Crippen LogP contribution in [-0.2, 0) is 19.1 Å². The standard InChI is InChI=1S/2C10H15NO2/c2*1-10(2)11-7(5-13-10)3-6-4-8(6)9(11)12/h2*6-8H,3-5H2,1-2H3/t6-,7+,8+;6-,7-,8+/m10/s1. The predicted molar refractivity (Wildman–Crippen MR) is 93.8 cm³/mol. The van der Waals surface area contributed by atoms with Crippen LogP contribution in [0.2, 0.25) is 0 Å². The average molecular weight is 362 g/mol. The molecule has 0 unspecified atom stereocenters. The van der Waals surface area contributed by atoms with Gasteiger partial charge in [-0.1, -0.05) is 0 Å². The summed E-state index contributed by atoms with van der Waals surface area (Å²) < 4.78 is 11.3. The number of hydrogen-bond acceptors (Lipinski definition) is 4. The van der Waals surface area contributed by atoms with E-state index in [-0.39, 0.29) is 11.4 Å². The highest BCUT2D eigenvalue weighted by Crippen LogP contribution is 2.52. The first-order chi connectivity index (χ1) is 12.2. The number of piperidine rings is 2. The van der Waals surface area contributed by atoms with E-state index in [4.69, 9.17) is 9.47 Å². The van der Waals surface area contributed by atoms with Gasteiger partial charge in [-0.3, -0.25) is 9.59 Å². The van der Waals surface area contributed by atoms with Crippen molar-refractivity contribution in [2.45, 2.75) is 76.9 Å². The minimum absolute atomic E-state index is 0.337. The summed E-state index contributed by atoms with van der Waals surface area (Å²) in [6.45, 7) is 9.45. The molecule has 0 radical (unpaired) electrons. The monoisotopic (exact) mass is 362 g/mol. The van der Waals surface area contributed by atoms with Crippen molar-refractivity contribution in [2.75, 3.05) is 13.2 Å². The molecule has 2 amide bonds. The van der Waals surface area contributed by atoms with Crippen LogP contribution in [0.1, 0.15) is 53.4 Å². The fourth-order valence-corrected chi connectivity index (χ4v) is 5.68. The number of ether oxygens (including phenoxy) is 2. The molecule has 0 N–H and O–H groups in total. The number of fused-ring (bicyclic) bond motifs is 4. The molecule has 4 heterocycles. The molecule has 2 aliphatic carbocycles. The number of rotatable bonds is 0. The summed E-state index contributed by atoms with van der Waals surface area (Å²) in [7, 11) is 0. The lowest BCUT2D eigenvalue weighted by molar-refractivity contribution is -0.151. The van der Waals surface area contributed by atoms with Gasteiger partial charge in [0.2, 0.25) is 11.8 Å². The first kappa shape index (κ1) is 17.0. The summed E-state index contributed by atoms with van der Waals surface area (Å²) in [5, 5.41) is 0. The van der Waals surface area contributed by atoms with E-state index in [1.54, 1.807) is 0 Å². The van der Waals surface area contributed by atoms with Crippen LogP contribution < -0.4 is 0 Å². The van der Waals surface area contributed by atoms with E-state index in [0.29, 0.717) is 47.6 Å². The maximum Gasteiger partial charge on any atom is 0.228 e. The Labute approximate surface area is 155 Å². The van der Waals surface area contributed by atoms with E-state index >= 15 is 0 Å². The third kappa shape index (κ3) is 2.44. The second kappa shape index (κ2) is 5.22. The van der Waals surface area contributed by atoms with Crippen LogP contribution >= 0.6 is 0 Å². The SMILES string of the molecule is CC1(C)OC[C@@H]2C[C@@H]3C[C@@H]3C(=O)N21.CC1(C)OC[C@@H]2C[C@H]3C[C@H]3C(=O)N21. The highest BCUT2D eigenvalue weighted by atomic mass is 16.5. The molecule has 0 aromatic carbocycles. The Morgan fingerprint density at radius 1 is 0.731 bits per heavy atom. The predicted octanol–water partition coefficient (Wildman–Crippen LogP) is 1.98. The molecule has 26 heavy (non-hydrogen) atoms. The molecule has 4 saturated heterocycles. The fourth-order valence-electron chi connectivity index (χ4n) is 5.68. The van der Waals surface area contributed by atoms with Crippen molar-refractivity contribution in [3.05, 3.63) is 0 Å². The molecule has 4 aliphatic heterocycles. The Kier molecular flexibility index (Phi) is 3.41. The van der Waals surface area contributed by atoms with Gasteiger partial charge in [-0.25, -0.2) is 0 Å². The molecule has 0 bridgehead atoms. The number of hydrogen-bond donors (Lipinski definition) is 0. The zero-order chi connectivity index (χ0) is 18.4. The Morgan fingerprint density at radius 3 is 1.50 bits per heavy atom. The van der Waals surface area contributed by atoms with Gasteiger partial charge in [-0.15, -0.1) is 0 Å². The van der Waals surface area contributed by atoms with Crippen LogP contribution in [0.15, 0.2) is 0 Å². The first-order valence-corrected chi connectivity index (χ1v) is 10.1. The van der Waals surface area contributed by atoms with Gasteiger partial charge in [0.25, 0.3) is 0 Å². The minimum Gasteiger partial charge on any atom is -0.354 e. The lowest BCUT2D eigenvalue weighted by Gasteiger charge is -2.36. The van der Waals surface area contributed by atoms with Crippen molar-refractivity contribution in [3.63, 3.8) is 0 Å². The van der Waals surface area contributed by atoms with Crippen molar-refractivity contribution in [1.29, 1.82) is 0 Å². The Morgan fingerprint density at radius 2 is 1.12 bits per heavy atom. The van der Waals surface area contributed by atoms with Crippen LogP contribution in [-0.4, -0.2) is 58.4 Å². The fraction of sp³-hybridized carbons (Fsp3) is 0.900. The van der Waals surface area contributed by atoms with Crippen molar-refractivity contribution in [2.24, 2.45) is 23.7 Å². The van der Waals surface area contributed by atoms with Crippen molar-refractivity contribution >= 4 is 11.8 Å². The van der Waals surface area contributed by atoms with Gasteiger partial charge < -0.3 is 19.3 Å². The maximum atomic E-state index is 11.9. The average Bonchev–Trinajstić information content (AvgIpc) is 3.43. The van der Waals surface area contributed by atoms with Gasteiger partial charge in [0.1, 0.15) is 11.4 Å². The third-order valence-electron chi connectivity index (χ3n) is 7.25. The van der Waals surface area contributed by atoms with E-state index in [2.05, 4.69) is 0 Å². The highest BCUT2D eigenvalue weighted by molar-refractivity contribution is 5.84. The molecule has 6 fully saturated rings. The summed E-state index contributed by atoms with van der Waals surface area (Å²) >= 11 is 0. The summed E-state index contributed by atoms with van der Waals surface area (Å²) in [6.07, 6.45) is 4.59. The second-order valence-corrected chi connectivity index (χ2v) is 9.92. The summed E-state index contributed by atoms with van der Waals surface area (Å²) in [5.74, 6) is 2.74. The van der Waals surface area contributed by atoms with Crippen LogP contribution in [0.25, 0.3) is 0 Å². The van der Waals surface area contributed by atoms with Gasteiger partial charge in [0.05, 0.1) is 25.3 Å². The van der Waals surface area contributed by atoms with Crippen LogP contribution in [0.4, 0.5) is 0 Å². The molecule has 6 nitrogen and oxygen atoms in total. The zero-order valence-corrected chi connectivity index (χ0v) is 16.2. The van der Waals surface area contributed by atoms with Crippen molar-refractivity contribution in [1.82, 2.24) is 9.80 Å². The molecule has 0 aromatic heterocycles.